The van der Waals surface area contributed by atoms with E-state index < -0.39 is 12.0 Å². The highest BCUT2D eigenvalue weighted by Gasteiger charge is 2.37. The van der Waals surface area contributed by atoms with Crippen molar-refractivity contribution in [1.82, 2.24) is 9.80 Å². The first-order chi connectivity index (χ1) is 9.23. The number of aliphatic carboxylic acids is 1. The zero-order valence-corrected chi connectivity index (χ0v) is 13.3. The lowest BCUT2D eigenvalue weighted by Crippen LogP contribution is -2.56. The van der Waals surface area contributed by atoms with Crippen LogP contribution in [0.25, 0.3) is 0 Å². The van der Waals surface area contributed by atoms with E-state index in [0.717, 1.165) is 6.42 Å². The van der Waals surface area contributed by atoms with E-state index in [0.29, 0.717) is 31.3 Å². The van der Waals surface area contributed by atoms with Gasteiger partial charge in [-0.15, -0.1) is 0 Å². The number of hydrogen-bond acceptors (Lipinski definition) is 2. The Labute approximate surface area is 121 Å². The number of carbonyl (C=O) groups is 2. The molecule has 0 aromatic rings. The van der Waals surface area contributed by atoms with E-state index in [9.17, 15) is 14.7 Å². The van der Waals surface area contributed by atoms with E-state index >= 15 is 0 Å². The second-order valence-corrected chi connectivity index (χ2v) is 6.60. The molecule has 0 saturated carbocycles. The predicted octanol–water partition coefficient (Wildman–Crippen LogP) is 2.66. The number of likely N-dealkylation sites (tertiary alicyclic amines) is 1. The summed E-state index contributed by atoms with van der Waals surface area (Å²) in [6.07, 6.45) is 1.43. The van der Waals surface area contributed by atoms with Crippen molar-refractivity contribution in [2.45, 2.75) is 59.5 Å². The smallest absolute Gasteiger partial charge is 0.326 e. The third kappa shape index (κ3) is 4.12. The van der Waals surface area contributed by atoms with Crippen LogP contribution < -0.4 is 0 Å². The van der Waals surface area contributed by atoms with Gasteiger partial charge in [-0.25, -0.2) is 9.59 Å². The fourth-order valence-electron chi connectivity index (χ4n) is 2.67. The molecule has 1 aliphatic heterocycles. The van der Waals surface area contributed by atoms with Crippen LogP contribution in [0.3, 0.4) is 0 Å². The molecule has 2 unspecified atom stereocenters. The molecule has 5 nitrogen and oxygen atoms in total. The van der Waals surface area contributed by atoms with Crippen molar-refractivity contribution in [2.75, 3.05) is 13.1 Å². The first-order valence-electron chi connectivity index (χ1n) is 7.54. The molecule has 0 aliphatic carbocycles. The normalized spacial score (nSPS) is 23.2. The number of urea groups is 1. The SMILES string of the molecule is CC(C)CN(C(=O)N1CCC(C)CC1C(=O)O)C(C)C. The zero-order valence-electron chi connectivity index (χ0n) is 13.3. The Kier molecular flexibility index (Phi) is 5.84. The first-order valence-corrected chi connectivity index (χ1v) is 7.54. The molecule has 0 radical (unpaired) electrons. The summed E-state index contributed by atoms with van der Waals surface area (Å²) in [5.74, 6) is -0.163. The number of carboxylic acid groups (broad SMARTS) is 1. The van der Waals surface area contributed by atoms with Gasteiger partial charge in [0.1, 0.15) is 6.04 Å². The maximum Gasteiger partial charge on any atom is 0.326 e. The highest BCUT2D eigenvalue weighted by atomic mass is 16.4. The lowest BCUT2D eigenvalue weighted by molar-refractivity contribution is -0.144. The molecule has 1 saturated heterocycles. The molecule has 1 aliphatic rings. The van der Waals surface area contributed by atoms with Crippen molar-refractivity contribution in [2.24, 2.45) is 11.8 Å². The van der Waals surface area contributed by atoms with E-state index in [-0.39, 0.29) is 12.1 Å². The number of carboxylic acids is 1. The quantitative estimate of drug-likeness (QED) is 0.863. The molecule has 1 N–H and O–H groups in total. The molecule has 116 valence electrons. The topological polar surface area (TPSA) is 60.9 Å². The van der Waals surface area contributed by atoms with Crippen LogP contribution in [-0.2, 0) is 4.79 Å². The van der Waals surface area contributed by atoms with E-state index in [1.165, 1.54) is 0 Å². The van der Waals surface area contributed by atoms with E-state index in [2.05, 4.69) is 13.8 Å². The van der Waals surface area contributed by atoms with Crippen molar-refractivity contribution in [3.8, 4) is 0 Å². The van der Waals surface area contributed by atoms with Crippen molar-refractivity contribution >= 4 is 12.0 Å². The summed E-state index contributed by atoms with van der Waals surface area (Å²) >= 11 is 0. The molecule has 0 aromatic heterocycles. The third-order valence-electron chi connectivity index (χ3n) is 3.83. The molecular formula is C15H28N2O3. The van der Waals surface area contributed by atoms with Gasteiger partial charge < -0.3 is 14.9 Å². The average molecular weight is 284 g/mol. The minimum absolute atomic E-state index is 0.0821. The molecule has 0 spiro atoms. The van der Waals surface area contributed by atoms with Gasteiger partial charge in [-0.05, 0) is 38.5 Å². The van der Waals surface area contributed by atoms with Crippen LogP contribution in [-0.4, -0.2) is 52.1 Å². The van der Waals surface area contributed by atoms with Gasteiger partial charge in [0.05, 0.1) is 0 Å². The van der Waals surface area contributed by atoms with Gasteiger partial charge in [0, 0.05) is 19.1 Å². The van der Waals surface area contributed by atoms with Crippen LogP contribution >= 0.6 is 0 Å². The summed E-state index contributed by atoms with van der Waals surface area (Å²) in [6, 6.07) is -0.730. The van der Waals surface area contributed by atoms with Crippen molar-refractivity contribution in [3.05, 3.63) is 0 Å². The highest BCUT2D eigenvalue weighted by molar-refractivity contribution is 5.83. The lowest BCUT2D eigenvalue weighted by atomic mass is 9.92. The molecule has 1 heterocycles. The zero-order chi connectivity index (χ0) is 15.4. The second-order valence-electron chi connectivity index (χ2n) is 6.60. The van der Waals surface area contributed by atoms with Gasteiger partial charge in [-0.2, -0.15) is 0 Å². The fraction of sp³-hybridized carbons (Fsp3) is 0.867. The van der Waals surface area contributed by atoms with E-state index in [1.807, 2.05) is 20.8 Å². The van der Waals surface area contributed by atoms with Gasteiger partial charge in [-0.3, -0.25) is 0 Å². The van der Waals surface area contributed by atoms with Crippen LogP contribution in [0.2, 0.25) is 0 Å². The molecule has 2 amide bonds. The maximum atomic E-state index is 12.7. The maximum absolute atomic E-state index is 12.7. The molecule has 5 heteroatoms. The molecule has 0 aromatic carbocycles. The molecule has 2 atom stereocenters. The summed E-state index contributed by atoms with van der Waals surface area (Å²) in [6.45, 7) is 11.3. The number of carbonyl (C=O) groups excluding carboxylic acids is 1. The minimum atomic E-state index is -0.891. The van der Waals surface area contributed by atoms with Gasteiger partial charge in [0.2, 0.25) is 0 Å². The monoisotopic (exact) mass is 284 g/mol. The Hall–Kier alpha value is -1.26. The Morgan fingerprint density at radius 1 is 1.30 bits per heavy atom. The van der Waals surface area contributed by atoms with Crippen molar-refractivity contribution < 1.29 is 14.7 Å². The number of amides is 2. The lowest BCUT2D eigenvalue weighted by Gasteiger charge is -2.40. The van der Waals surface area contributed by atoms with Gasteiger partial charge >= 0.3 is 12.0 Å². The number of rotatable bonds is 4. The van der Waals surface area contributed by atoms with E-state index in [1.54, 1.807) is 9.80 Å². The molecule has 1 fully saturated rings. The summed E-state index contributed by atoms with van der Waals surface area (Å²) < 4.78 is 0. The summed E-state index contributed by atoms with van der Waals surface area (Å²) in [5, 5.41) is 9.37. The number of piperidine rings is 1. The Bertz CT molecular complexity index is 355. The fourth-order valence-corrected chi connectivity index (χ4v) is 2.67. The van der Waals surface area contributed by atoms with Crippen LogP contribution in [0.1, 0.15) is 47.5 Å². The second kappa shape index (κ2) is 6.95. The predicted molar refractivity (Wildman–Crippen MR) is 78.6 cm³/mol. The van der Waals surface area contributed by atoms with Crippen molar-refractivity contribution in [1.29, 1.82) is 0 Å². The Morgan fingerprint density at radius 3 is 2.35 bits per heavy atom. The molecular weight excluding hydrogens is 256 g/mol. The molecule has 1 rings (SSSR count). The van der Waals surface area contributed by atoms with Gasteiger partial charge in [-0.1, -0.05) is 20.8 Å². The van der Waals surface area contributed by atoms with Crippen LogP contribution in [0.4, 0.5) is 4.79 Å². The van der Waals surface area contributed by atoms with Gasteiger partial charge in [0.25, 0.3) is 0 Å². The summed E-state index contributed by atoms with van der Waals surface area (Å²) in [7, 11) is 0. The van der Waals surface area contributed by atoms with E-state index in [4.69, 9.17) is 0 Å². The number of hydrogen-bond donors (Lipinski definition) is 1. The summed E-state index contributed by atoms with van der Waals surface area (Å²) in [5.41, 5.74) is 0. The van der Waals surface area contributed by atoms with Crippen molar-refractivity contribution in [3.63, 3.8) is 0 Å². The highest BCUT2D eigenvalue weighted by Crippen LogP contribution is 2.24. The number of nitrogens with zero attached hydrogens (tertiary/aromatic N) is 2. The Morgan fingerprint density at radius 2 is 1.90 bits per heavy atom. The first kappa shape index (κ1) is 16.8. The largest absolute Gasteiger partial charge is 0.480 e. The minimum Gasteiger partial charge on any atom is -0.480 e. The molecule has 0 bridgehead atoms. The van der Waals surface area contributed by atoms with Crippen LogP contribution in [0.15, 0.2) is 0 Å². The Balaban J connectivity index is 2.88. The van der Waals surface area contributed by atoms with Crippen LogP contribution in [0.5, 0.6) is 0 Å². The standard InChI is InChI=1S/C15H28N2O3/c1-10(2)9-17(11(3)4)15(20)16-7-6-12(5)8-13(16)14(18)19/h10-13H,6-9H2,1-5H3,(H,18,19). The third-order valence-corrected chi connectivity index (χ3v) is 3.83. The average Bonchev–Trinajstić information content (AvgIpc) is 2.34. The van der Waals surface area contributed by atoms with Gasteiger partial charge in [0.15, 0.2) is 0 Å². The summed E-state index contributed by atoms with van der Waals surface area (Å²) in [4.78, 5) is 27.4. The van der Waals surface area contributed by atoms with Crippen LogP contribution in [0, 0.1) is 11.8 Å². The molecule has 20 heavy (non-hydrogen) atoms.